The molecular weight excluding hydrogens is 274 g/mol. The fourth-order valence-electron chi connectivity index (χ4n) is 1.39. The molecule has 0 aliphatic carbocycles. The molecule has 1 rings (SSSR count). The molecule has 104 valence electrons. The number of alkyl halides is 6. The Bertz CT molecular complexity index is 466. The molecule has 0 atom stereocenters. The fraction of sp³-hybridized carbons (Fsp3) is 0.250. The number of ketones is 1. The lowest BCUT2D eigenvalue weighted by molar-refractivity contribution is -0.143. The number of halogens is 6. The van der Waals surface area contributed by atoms with E-state index in [4.69, 9.17) is 0 Å². The fourth-order valence-corrected chi connectivity index (χ4v) is 1.39. The molecule has 1 aromatic rings. The lowest BCUT2D eigenvalue weighted by Crippen LogP contribution is -2.12. The van der Waals surface area contributed by atoms with Crippen LogP contribution in [0, 0.1) is 0 Å². The van der Waals surface area contributed by atoms with Crippen molar-refractivity contribution in [2.75, 3.05) is 0 Å². The van der Waals surface area contributed by atoms with Crippen LogP contribution in [-0.2, 0) is 23.6 Å². The van der Waals surface area contributed by atoms with E-state index in [0.717, 1.165) is 6.08 Å². The Labute approximate surface area is 104 Å². The van der Waals surface area contributed by atoms with Gasteiger partial charge in [0.05, 0.1) is 11.1 Å². The van der Waals surface area contributed by atoms with Gasteiger partial charge in [0.25, 0.3) is 0 Å². The minimum absolute atomic E-state index is 0.0158. The van der Waals surface area contributed by atoms with Crippen LogP contribution in [0.15, 0.2) is 30.9 Å². The summed E-state index contributed by atoms with van der Waals surface area (Å²) in [5.41, 5.74) is -3.23. The third kappa shape index (κ3) is 4.11. The highest BCUT2D eigenvalue weighted by molar-refractivity contribution is 5.90. The number of hydrogen-bond donors (Lipinski definition) is 0. The maximum atomic E-state index is 12.5. The van der Waals surface area contributed by atoms with Crippen molar-refractivity contribution in [1.82, 2.24) is 0 Å². The van der Waals surface area contributed by atoms with E-state index in [-0.39, 0.29) is 11.6 Å². The highest BCUT2D eigenvalue weighted by atomic mass is 19.4. The van der Waals surface area contributed by atoms with Gasteiger partial charge in [0.2, 0.25) is 0 Å². The Morgan fingerprint density at radius 3 is 1.74 bits per heavy atom. The van der Waals surface area contributed by atoms with Crippen LogP contribution in [0.1, 0.15) is 16.7 Å². The summed E-state index contributed by atoms with van der Waals surface area (Å²) < 4.78 is 74.9. The van der Waals surface area contributed by atoms with Gasteiger partial charge < -0.3 is 0 Å². The first-order valence-corrected chi connectivity index (χ1v) is 4.97. The molecule has 19 heavy (non-hydrogen) atoms. The van der Waals surface area contributed by atoms with Crippen molar-refractivity contribution in [2.24, 2.45) is 0 Å². The summed E-state index contributed by atoms with van der Waals surface area (Å²) in [4.78, 5) is 11.0. The second kappa shape index (κ2) is 5.07. The van der Waals surface area contributed by atoms with Crippen LogP contribution in [-0.4, -0.2) is 5.78 Å². The molecule has 0 N–H and O–H groups in total. The molecule has 0 saturated carbocycles. The van der Waals surface area contributed by atoms with Crippen molar-refractivity contribution in [3.05, 3.63) is 47.5 Å². The monoisotopic (exact) mass is 282 g/mol. The predicted octanol–water partition coefficient (Wildman–Crippen LogP) is 4.02. The van der Waals surface area contributed by atoms with Gasteiger partial charge in [-0.1, -0.05) is 6.58 Å². The van der Waals surface area contributed by atoms with Crippen LogP contribution < -0.4 is 0 Å². The number of carbonyl (C=O) groups excluding carboxylic acids is 1. The van der Waals surface area contributed by atoms with Gasteiger partial charge in [0.15, 0.2) is 5.78 Å². The zero-order valence-electron chi connectivity index (χ0n) is 9.40. The molecule has 0 aliphatic heterocycles. The molecule has 0 radical (unpaired) electrons. The summed E-state index contributed by atoms with van der Waals surface area (Å²) in [6.07, 6.45) is -9.54. The van der Waals surface area contributed by atoms with Crippen LogP contribution in [0.2, 0.25) is 0 Å². The highest BCUT2D eigenvalue weighted by Gasteiger charge is 2.36. The standard InChI is InChI=1S/C12H8F6O/c1-2-10(19)5-7-3-8(11(13,14)15)6-9(4-7)12(16,17)18/h2-4,6H,1,5H2. The van der Waals surface area contributed by atoms with Gasteiger partial charge >= 0.3 is 12.4 Å². The smallest absolute Gasteiger partial charge is 0.295 e. The Kier molecular flexibility index (Phi) is 4.07. The zero-order chi connectivity index (χ0) is 14.8. The Morgan fingerprint density at radius 1 is 1.00 bits per heavy atom. The van der Waals surface area contributed by atoms with E-state index in [1.807, 2.05) is 0 Å². The predicted molar refractivity (Wildman–Crippen MR) is 55.4 cm³/mol. The molecule has 1 aromatic carbocycles. The van der Waals surface area contributed by atoms with Crippen molar-refractivity contribution in [3.8, 4) is 0 Å². The lowest BCUT2D eigenvalue weighted by Gasteiger charge is -2.13. The molecule has 0 heterocycles. The first-order valence-electron chi connectivity index (χ1n) is 4.97. The maximum absolute atomic E-state index is 12.5. The van der Waals surface area contributed by atoms with Crippen LogP contribution in [0.4, 0.5) is 26.3 Å². The zero-order valence-corrected chi connectivity index (χ0v) is 9.40. The summed E-state index contributed by atoms with van der Waals surface area (Å²) in [5, 5.41) is 0. The van der Waals surface area contributed by atoms with E-state index in [1.54, 1.807) is 0 Å². The van der Waals surface area contributed by atoms with Gasteiger partial charge in [-0.05, 0) is 29.8 Å². The van der Waals surface area contributed by atoms with Gasteiger partial charge in [-0.3, -0.25) is 4.79 Å². The molecule has 0 unspecified atom stereocenters. The van der Waals surface area contributed by atoms with E-state index in [0.29, 0.717) is 12.1 Å². The Morgan fingerprint density at radius 2 is 1.42 bits per heavy atom. The average molecular weight is 282 g/mol. The highest BCUT2D eigenvalue weighted by Crippen LogP contribution is 2.36. The third-order valence-electron chi connectivity index (χ3n) is 2.25. The second-order valence-corrected chi connectivity index (χ2v) is 3.76. The number of carbonyl (C=O) groups is 1. The number of hydrogen-bond acceptors (Lipinski definition) is 1. The molecule has 0 aromatic heterocycles. The molecule has 1 nitrogen and oxygen atoms in total. The van der Waals surface area contributed by atoms with Crippen LogP contribution in [0.5, 0.6) is 0 Å². The van der Waals surface area contributed by atoms with E-state index in [1.165, 1.54) is 0 Å². The third-order valence-corrected chi connectivity index (χ3v) is 2.25. The van der Waals surface area contributed by atoms with Crippen molar-refractivity contribution in [3.63, 3.8) is 0 Å². The van der Waals surface area contributed by atoms with Crippen LogP contribution >= 0.6 is 0 Å². The first-order chi connectivity index (χ1) is 8.54. The minimum Gasteiger partial charge on any atom is -0.295 e. The van der Waals surface area contributed by atoms with E-state index in [2.05, 4.69) is 6.58 Å². The molecule has 0 bridgehead atoms. The second-order valence-electron chi connectivity index (χ2n) is 3.76. The van der Waals surface area contributed by atoms with Crippen molar-refractivity contribution in [2.45, 2.75) is 18.8 Å². The van der Waals surface area contributed by atoms with Crippen molar-refractivity contribution >= 4 is 5.78 Å². The molecule has 0 aliphatic rings. The lowest BCUT2D eigenvalue weighted by atomic mass is 10.0. The average Bonchev–Trinajstić information content (AvgIpc) is 2.26. The number of benzene rings is 1. The summed E-state index contributed by atoms with van der Waals surface area (Å²) in [6.45, 7) is 3.11. The summed E-state index contributed by atoms with van der Waals surface area (Å²) in [5.74, 6) is -0.660. The van der Waals surface area contributed by atoms with E-state index in [9.17, 15) is 31.1 Å². The van der Waals surface area contributed by atoms with Crippen LogP contribution in [0.3, 0.4) is 0 Å². The van der Waals surface area contributed by atoms with Gasteiger partial charge in [-0.15, -0.1) is 0 Å². The SMILES string of the molecule is C=CC(=O)Cc1cc(C(F)(F)F)cc(C(F)(F)F)c1. The summed E-state index contributed by atoms with van der Waals surface area (Å²) >= 11 is 0. The van der Waals surface area contributed by atoms with E-state index >= 15 is 0 Å². The Balaban J connectivity index is 3.32. The van der Waals surface area contributed by atoms with Gasteiger partial charge in [-0.25, -0.2) is 0 Å². The van der Waals surface area contributed by atoms with Crippen molar-refractivity contribution < 1.29 is 31.1 Å². The summed E-state index contributed by atoms with van der Waals surface area (Å²) in [6, 6.07) is 1.06. The molecule has 0 saturated heterocycles. The first kappa shape index (κ1) is 15.3. The minimum atomic E-state index is -4.91. The maximum Gasteiger partial charge on any atom is 0.416 e. The largest absolute Gasteiger partial charge is 0.416 e. The van der Waals surface area contributed by atoms with Gasteiger partial charge in [0, 0.05) is 6.42 Å². The molecule has 0 amide bonds. The molecule has 0 fully saturated rings. The van der Waals surface area contributed by atoms with Gasteiger partial charge in [0.1, 0.15) is 0 Å². The van der Waals surface area contributed by atoms with E-state index < -0.39 is 35.7 Å². The topological polar surface area (TPSA) is 17.1 Å². The van der Waals surface area contributed by atoms with Crippen molar-refractivity contribution in [1.29, 1.82) is 0 Å². The van der Waals surface area contributed by atoms with Crippen LogP contribution in [0.25, 0.3) is 0 Å². The molecule has 0 spiro atoms. The number of allylic oxidation sites excluding steroid dienone is 1. The molecular formula is C12H8F6O. The Hall–Kier alpha value is -1.79. The normalized spacial score (nSPS) is 12.3. The quantitative estimate of drug-likeness (QED) is 0.604. The number of rotatable bonds is 3. The van der Waals surface area contributed by atoms with Gasteiger partial charge in [-0.2, -0.15) is 26.3 Å². The summed E-state index contributed by atoms with van der Waals surface area (Å²) in [7, 11) is 0. The molecule has 7 heteroatoms.